The molecule has 0 atom stereocenters. The van der Waals surface area contributed by atoms with Gasteiger partial charge in [0.05, 0.1) is 44.5 Å². The SMILES string of the molecule is O=c1ccc2nc3cc4nc(-c5ccccc5)c(-c5ccccc5)nc4cc3nc2cc1. The van der Waals surface area contributed by atoms with E-state index >= 15 is 0 Å². The number of rotatable bonds is 2. The predicted octanol–water partition coefficient (Wildman–Crippen LogP) is 5.42. The standard InChI is InChI=1S/C27H16N4O/c32-19-11-13-20-21(14-12-19)29-23-16-25-24(15-22(23)28-20)30-26(17-7-3-1-4-8-17)27(31-25)18-9-5-2-6-10-18/h1-16H. The van der Waals surface area contributed by atoms with Crippen LogP contribution in [-0.4, -0.2) is 19.9 Å². The quantitative estimate of drug-likeness (QED) is 0.355. The molecule has 0 saturated carbocycles. The van der Waals surface area contributed by atoms with Crippen LogP contribution in [-0.2, 0) is 0 Å². The number of aromatic nitrogens is 4. The van der Waals surface area contributed by atoms with E-state index in [1.54, 1.807) is 12.1 Å². The maximum Gasteiger partial charge on any atom is 0.178 e. The third-order valence-corrected chi connectivity index (χ3v) is 5.41. The Bertz CT molecular complexity index is 1560. The largest absolute Gasteiger partial charge is 0.290 e. The highest BCUT2D eigenvalue weighted by atomic mass is 16.1. The van der Waals surface area contributed by atoms with Gasteiger partial charge < -0.3 is 0 Å². The van der Waals surface area contributed by atoms with Crippen LogP contribution in [0.25, 0.3) is 55.6 Å². The Morgan fingerprint density at radius 1 is 0.406 bits per heavy atom. The fourth-order valence-electron chi connectivity index (χ4n) is 3.85. The Balaban J connectivity index is 1.67. The van der Waals surface area contributed by atoms with E-state index < -0.39 is 0 Å². The topological polar surface area (TPSA) is 68.6 Å². The molecular weight excluding hydrogens is 396 g/mol. The van der Waals surface area contributed by atoms with Crippen molar-refractivity contribution < 1.29 is 0 Å². The number of benzene rings is 3. The van der Waals surface area contributed by atoms with Gasteiger partial charge in [0.25, 0.3) is 0 Å². The highest BCUT2D eigenvalue weighted by Crippen LogP contribution is 2.32. The van der Waals surface area contributed by atoms with Crippen molar-refractivity contribution in [1.29, 1.82) is 0 Å². The second-order valence-corrected chi connectivity index (χ2v) is 7.55. The van der Waals surface area contributed by atoms with Crippen LogP contribution in [0.2, 0.25) is 0 Å². The lowest BCUT2D eigenvalue weighted by atomic mass is 10.0. The Kier molecular flexibility index (Phi) is 4.18. The van der Waals surface area contributed by atoms with Gasteiger partial charge in [-0.25, -0.2) is 19.9 Å². The van der Waals surface area contributed by atoms with E-state index in [0.29, 0.717) is 22.1 Å². The van der Waals surface area contributed by atoms with E-state index in [9.17, 15) is 4.79 Å². The van der Waals surface area contributed by atoms with Crippen LogP contribution in [0.15, 0.2) is 102 Å². The Morgan fingerprint density at radius 3 is 1.25 bits per heavy atom. The van der Waals surface area contributed by atoms with Crippen molar-refractivity contribution in [2.45, 2.75) is 0 Å². The van der Waals surface area contributed by atoms with Gasteiger partial charge in [-0.1, -0.05) is 60.7 Å². The van der Waals surface area contributed by atoms with Crippen LogP contribution in [0.5, 0.6) is 0 Å². The van der Waals surface area contributed by atoms with Gasteiger partial charge in [-0.05, 0) is 36.4 Å². The molecule has 2 aromatic heterocycles. The first-order valence-electron chi connectivity index (χ1n) is 10.3. The zero-order valence-electron chi connectivity index (χ0n) is 16.9. The molecule has 0 saturated heterocycles. The first-order chi connectivity index (χ1) is 15.7. The van der Waals surface area contributed by atoms with E-state index in [-0.39, 0.29) is 5.43 Å². The zero-order chi connectivity index (χ0) is 21.5. The number of fused-ring (bicyclic) bond motifs is 3. The van der Waals surface area contributed by atoms with Crippen molar-refractivity contribution in [2.24, 2.45) is 0 Å². The van der Waals surface area contributed by atoms with Gasteiger partial charge in [-0.3, -0.25) is 4.79 Å². The summed E-state index contributed by atoms with van der Waals surface area (Å²) in [5.74, 6) is 0. The Labute approximate surface area is 183 Å². The lowest BCUT2D eigenvalue weighted by Crippen LogP contribution is -1.96. The highest BCUT2D eigenvalue weighted by molar-refractivity contribution is 5.96. The summed E-state index contributed by atoms with van der Waals surface area (Å²) in [6.07, 6.45) is 0. The van der Waals surface area contributed by atoms with Gasteiger partial charge in [-0.2, -0.15) is 0 Å². The van der Waals surface area contributed by atoms with Gasteiger partial charge in [-0.15, -0.1) is 0 Å². The molecule has 0 aliphatic rings. The molecule has 0 aliphatic heterocycles. The Morgan fingerprint density at radius 2 is 0.812 bits per heavy atom. The van der Waals surface area contributed by atoms with Crippen molar-refractivity contribution in [3.05, 3.63) is 107 Å². The third-order valence-electron chi connectivity index (χ3n) is 5.41. The second kappa shape index (κ2) is 7.32. The summed E-state index contributed by atoms with van der Waals surface area (Å²) in [6.45, 7) is 0. The summed E-state index contributed by atoms with van der Waals surface area (Å²) in [6, 6.07) is 30.4. The van der Waals surface area contributed by atoms with Gasteiger partial charge >= 0.3 is 0 Å². The van der Waals surface area contributed by atoms with E-state index in [2.05, 4.69) is 0 Å². The summed E-state index contributed by atoms with van der Waals surface area (Å²) in [5.41, 5.74) is 7.80. The molecular formula is C27H16N4O. The van der Waals surface area contributed by atoms with Crippen LogP contribution in [0.4, 0.5) is 0 Å². The molecule has 150 valence electrons. The van der Waals surface area contributed by atoms with Crippen molar-refractivity contribution in [3.8, 4) is 22.5 Å². The molecule has 0 N–H and O–H groups in total. The van der Waals surface area contributed by atoms with Crippen molar-refractivity contribution in [3.63, 3.8) is 0 Å². The minimum absolute atomic E-state index is 0.0812. The van der Waals surface area contributed by atoms with Crippen molar-refractivity contribution in [1.82, 2.24) is 19.9 Å². The van der Waals surface area contributed by atoms with Crippen molar-refractivity contribution in [2.75, 3.05) is 0 Å². The van der Waals surface area contributed by atoms with Crippen LogP contribution in [0.3, 0.4) is 0 Å². The minimum Gasteiger partial charge on any atom is -0.290 e. The molecule has 2 heterocycles. The number of nitrogens with zero attached hydrogens (tertiary/aromatic N) is 4. The van der Waals surface area contributed by atoms with Gasteiger partial charge in [0.1, 0.15) is 0 Å². The molecule has 0 unspecified atom stereocenters. The lowest BCUT2D eigenvalue weighted by Gasteiger charge is -2.11. The fraction of sp³-hybridized carbons (Fsp3) is 0. The number of hydrogen-bond acceptors (Lipinski definition) is 5. The van der Waals surface area contributed by atoms with Crippen LogP contribution in [0.1, 0.15) is 0 Å². The molecule has 32 heavy (non-hydrogen) atoms. The monoisotopic (exact) mass is 412 g/mol. The lowest BCUT2D eigenvalue weighted by molar-refractivity contribution is 1.29. The first-order valence-corrected chi connectivity index (χ1v) is 10.3. The molecule has 0 amide bonds. The van der Waals surface area contributed by atoms with Crippen LogP contribution >= 0.6 is 0 Å². The summed E-state index contributed by atoms with van der Waals surface area (Å²) < 4.78 is 0. The molecule has 6 aromatic rings. The zero-order valence-corrected chi connectivity index (χ0v) is 16.9. The highest BCUT2D eigenvalue weighted by Gasteiger charge is 2.14. The van der Waals surface area contributed by atoms with E-state index in [4.69, 9.17) is 19.9 Å². The molecule has 0 fully saturated rings. The van der Waals surface area contributed by atoms with E-state index in [0.717, 1.165) is 33.5 Å². The summed E-state index contributed by atoms with van der Waals surface area (Å²) in [5, 5.41) is 0. The summed E-state index contributed by atoms with van der Waals surface area (Å²) >= 11 is 0. The summed E-state index contributed by atoms with van der Waals surface area (Å²) in [7, 11) is 0. The number of hydrogen-bond donors (Lipinski definition) is 0. The van der Waals surface area contributed by atoms with Crippen LogP contribution in [0, 0.1) is 0 Å². The third kappa shape index (κ3) is 3.17. The maximum atomic E-state index is 11.7. The van der Waals surface area contributed by atoms with Gasteiger partial charge in [0, 0.05) is 11.1 Å². The van der Waals surface area contributed by atoms with Crippen molar-refractivity contribution >= 4 is 33.1 Å². The second-order valence-electron chi connectivity index (χ2n) is 7.55. The molecule has 4 aromatic carbocycles. The van der Waals surface area contributed by atoms with E-state index in [1.165, 1.54) is 12.1 Å². The molecule has 0 spiro atoms. The first kappa shape index (κ1) is 18.3. The average Bonchev–Trinajstić information content (AvgIpc) is 3.02. The molecule has 0 aliphatic carbocycles. The van der Waals surface area contributed by atoms with Gasteiger partial charge in [0.2, 0.25) is 0 Å². The predicted molar refractivity (Wildman–Crippen MR) is 127 cm³/mol. The van der Waals surface area contributed by atoms with Crippen LogP contribution < -0.4 is 5.43 Å². The Hall–Kier alpha value is -4.51. The smallest absolute Gasteiger partial charge is 0.178 e. The molecule has 0 bridgehead atoms. The maximum absolute atomic E-state index is 11.7. The molecule has 6 rings (SSSR count). The molecule has 5 heteroatoms. The van der Waals surface area contributed by atoms with E-state index in [1.807, 2.05) is 72.8 Å². The molecule has 0 radical (unpaired) electrons. The summed E-state index contributed by atoms with van der Waals surface area (Å²) in [4.78, 5) is 31.2. The normalized spacial score (nSPS) is 11.2. The van der Waals surface area contributed by atoms with Gasteiger partial charge in [0.15, 0.2) is 5.43 Å². The fourth-order valence-corrected chi connectivity index (χ4v) is 3.85. The molecule has 5 nitrogen and oxygen atoms in total. The average molecular weight is 412 g/mol. The minimum atomic E-state index is -0.0812.